The number of aromatic nitrogens is 1. The van der Waals surface area contributed by atoms with E-state index in [1.54, 1.807) is 7.05 Å². The zero-order valence-electron chi connectivity index (χ0n) is 13.4. The van der Waals surface area contributed by atoms with E-state index >= 15 is 0 Å². The Kier molecular flexibility index (Phi) is 5.60. The Bertz CT molecular complexity index is 629. The van der Waals surface area contributed by atoms with Gasteiger partial charge in [0.1, 0.15) is 5.76 Å². The molecule has 1 heterocycles. The highest BCUT2D eigenvalue weighted by Gasteiger charge is 2.11. The molecule has 1 aromatic carbocycles. The number of hydrogen-bond donors (Lipinski definition) is 1. The molecule has 0 aliphatic carbocycles. The van der Waals surface area contributed by atoms with Crippen LogP contribution in [0.15, 0.2) is 38.3 Å². The van der Waals surface area contributed by atoms with Crippen molar-refractivity contribution < 1.29 is 4.52 Å². The van der Waals surface area contributed by atoms with E-state index in [4.69, 9.17) is 4.52 Å². The molecule has 5 nitrogen and oxygen atoms in total. The minimum absolute atomic E-state index is 0.651. The summed E-state index contributed by atoms with van der Waals surface area (Å²) in [4.78, 5) is 6.42. The molecule has 2 aromatic rings. The van der Waals surface area contributed by atoms with Crippen LogP contribution in [0.5, 0.6) is 0 Å². The summed E-state index contributed by atoms with van der Waals surface area (Å²) >= 11 is 3.45. The van der Waals surface area contributed by atoms with Crippen molar-refractivity contribution in [3.8, 4) is 0 Å². The highest BCUT2D eigenvalue weighted by atomic mass is 79.9. The van der Waals surface area contributed by atoms with E-state index in [9.17, 15) is 0 Å². The second-order valence-electron chi connectivity index (χ2n) is 5.19. The highest BCUT2D eigenvalue weighted by molar-refractivity contribution is 9.10. The first-order valence-electron chi connectivity index (χ1n) is 7.09. The zero-order valence-corrected chi connectivity index (χ0v) is 14.9. The van der Waals surface area contributed by atoms with Gasteiger partial charge in [-0.25, -0.2) is 0 Å². The predicted octanol–water partition coefficient (Wildman–Crippen LogP) is 3.26. The third-order valence-corrected chi connectivity index (χ3v) is 4.04. The molecule has 0 aliphatic heterocycles. The molecule has 0 saturated carbocycles. The number of rotatable bonds is 4. The zero-order chi connectivity index (χ0) is 16.1. The fraction of sp³-hybridized carbons (Fsp3) is 0.375. The van der Waals surface area contributed by atoms with Gasteiger partial charge < -0.3 is 14.7 Å². The summed E-state index contributed by atoms with van der Waals surface area (Å²) in [5, 5.41) is 7.32. The maximum absolute atomic E-state index is 5.18. The van der Waals surface area contributed by atoms with Gasteiger partial charge in [0.15, 0.2) is 5.96 Å². The third kappa shape index (κ3) is 4.10. The van der Waals surface area contributed by atoms with E-state index in [0.717, 1.165) is 34.0 Å². The van der Waals surface area contributed by atoms with Gasteiger partial charge >= 0.3 is 0 Å². The number of benzene rings is 1. The van der Waals surface area contributed by atoms with Crippen LogP contribution >= 0.6 is 15.9 Å². The Morgan fingerprint density at radius 3 is 2.55 bits per heavy atom. The summed E-state index contributed by atoms with van der Waals surface area (Å²) in [7, 11) is 3.80. The van der Waals surface area contributed by atoms with E-state index in [1.165, 1.54) is 5.56 Å². The van der Waals surface area contributed by atoms with Gasteiger partial charge in [-0.05, 0) is 31.5 Å². The maximum Gasteiger partial charge on any atom is 0.193 e. The molecular weight excluding hydrogens is 344 g/mol. The Balaban J connectivity index is 1.97. The largest absolute Gasteiger partial charge is 0.361 e. The summed E-state index contributed by atoms with van der Waals surface area (Å²) in [6.07, 6.45) is 0. The number of aliphatic imine (C=N–C) groups is 1. The number of aryl methyl sites for hydroxylation is 2. The smallest absolute Gasteiger partial charge is 0.193 e. The molecule has 22 heavy (non-hydrogen) atoms. The summed E-state index contributed by atoms with van der Waals surface area (Å²) in [5.41, 5.74) is 3.22. The monoisotopic (exact) mass is 364 g/mol. The molecule has 0 fully saturated rings. The molecule has 1 aromatic heterocycles. The Labute approximate surface area is 139 Å². The van der Waals surface area contributed by atoms with Gasteiger partial charge in [0.05, 0.1) is 5.69 Å². The van der Waals surface area contributed by atoms with Crippen molar-refractivity contribution in [3.05, 3.63) is 51.3 Å². The van der Waals surface area contributed by atoms with Crippen molar-refractivity contribution in [1.29, 1.82) is 0 Å². The second kappa shape index (κ2) is 7.45. The molecule has 2 rings (SSSR count). The van der Waals surface area contributed by atoms with Crippen LogP contribution in [0.1, 0.15) is 22.6 Å². The molecule has 6 heteroatoms. The van der Waals surface area contributed by atoms with E-state index in [-0.39, 0.29) is 0 Å². The Morgan fingerprint density at radius 2 is 2.00 bits per heavy atom. The van der Waals surface area contributed by atoms with Crippen LogP contribution in [0.2, 0.25) is 0 Å². The SMILES string of the molecule is CN=C(NCc1c(C)noc1C)N(C)Cc1ccc(Br)cc1. The van der Waals surface area contributed by atoms with Gasteiger partial charge in [-0.3, -0.25) is 4.99 Å². The number of hydrogen-bond acceptors (Lipinski definition) is 3. The molecule has 0 unspecified atom stereocenters. The second-order valence-corrected chi connectivity index (χ2v) is 6.10. The van der Waals surface area contributed by atoms with E-state index in [1.807, 2.05) is 33.0 Å². The fourth-order valence-corrected chi connectivity index (χ4v) is 2.51. The van der Waals surface area contributed by atoms with Crippen LogP contribution in [0, 0.1) is 13.8 Å². The van der Waals surface area contributed by atoms with Gasteiger partial charge in [0.2, 0.25) is 0 Å². The van der Waals surface area contributed by atoms with E-state index in [0.29, 0.717) is 6.54 Å². The standard InChI is InChI=1S/C16H21BrN4O/c1-11-15(12(2)22-20-11)9-19-16(18-3)21(4)10-13-5-7-14(17)8-6-13/h5-8H,9-10H2,1-4H3,(H,18,19). The normalized spacial score (nSPS) is 11.6. The molecule has 0 bridgehead atoms. The summed E-state index contributed by atoms with van der Waals surface area (Å²) < 4.78 is 6.26. The topological polar surface area (TPSA) is 53.7 Å². The first kappa shape index (κ1) is 16.5. The summed E-state index contributed by atoms with van der Waals surface area (Å²) in [5.74, 6) is 1.68. The molecule has 0 amide bonds. The van der Waals surface area contributed by atoms with Crippen LogP contribution in [0.3, 0.4) is 0 Å². The van der Waals surface area contributed by atoms with Crippen molar-refractivity contribution in [2.45, 2.75) is 26.9 Å². The van der Waals surface area contributed by atoms with Crippen LogP contribution < -0.4 is 5.32 Å². The predicted molar refractivity (Wildman–Crippen MR) is 91.8 cm³/mol. The van der Waals surface area contributed by atoms with Crippen LogP contribution in [-0.4, -0.2) is 30.1 Å². The average molecular weight is 365 g/mol. The lowest BCUT2D eigenvalue weighted by Gasteiger charge is -2.22. The van der Waals surface area contributed by atoms with Crippen molar-refractivity contribution in [2.75, 3.05) is 14.1 Å². The maximum atomic E-state index is 5.18. The quantitative estimate of drug-likeness (QED) is 0.668. The summed E-state index contributed by atoms with van der Waals surface area (Å²) in [6.45, 7) is 5.31. The first-order valence-corrected chi connectivity index (χ1v) is 7.88. The molecule has 118 valence electrons. The molecular formula is C16H21BrN4O. The van der Waals surface area contributed by atoms with Gasteiger partial charge in [0, 0.05) is 37.2 Å². The number of halogens is 1. The van der Waals surface area contributed by atoms with Gasteiger partial charge in [-0.15, -0.1) is 0 Å². The van der Waals surface area contributed by atoms with Crippen LogP contribution in [0.25, 0.3) is 0 Å². The summed E-state index contributed by atoms with van der Waals surface area (Å²) in [6, 6.07) is 8.29. The molecule has 0 spiro atoms. The molecule has 0 atom stereocenters. The van der Waals surface area contributed by atoms with Crippen LogP contribution in [-0.2, 0) is 13.1 Å². The van der Waals surface area contributed by atoms with E-state index in [2.05, 4.69) is 48.4 Å². The van der Waals surface area contributed by atoms with Crippen molar-refractivity contribution in [2.24, 2.45) is 4.99 Å². The third-order valence-electron chi connectivity index (χ3n) is 3.51. The minimum atomic E-state index is 0.651. The lowest BCUT2D eigenvalue weighted by molar-refractivity contribution is 0.392. The molecule has 0 radical (unpaired) electrons. The van der Waals surface area contributed by atoms with Crippen molar-refractivity contribution in [1.82, 2.24) is 15.4 Å². The average Bonchev–Trinajstić information content (AvgIpc) is 2.82. The first-order chi connectivity index (χ1) is 10.5. The number of nitrogens with zero attached hydrogens (tertiary/aromatic N) is 3. The highest BCUT2D eigenvalue weighted by Crippen LogP contribution is 2.13. The fourth-order valence-electron chi connectivity index (χ4n) is 2.25. The lowest BCUT2D eigenvalue weighted by Crippen LogP contribution is -2.38. The van der Waals surface area contributed by atoms with Gasteiger partial charge in [-0.1, -0.05) is 33.2 Å². The number of guanidine groups is 1. The van der Waals surface area contributed by atoms with Crippen molar-refractivity contribution >= 4 is 21.9 Å². The number of nitrogens with one attached hydrogen (secondary N) is 1. The Hall–Kier alpha value is -1.82. The van der Waals surface area contributed by atoms with E-state index < -0.39 is 0 Å². The lowest BCUT2D eigenvalue weighted by atomic mass is 10.2. The molecule has 0 aliphatic rings. The minimum Gasteiger partial charge on any atom is -0.361 e. The van der Waals surface area contributed by atoms with Gasteiger partial charge in [0.25, 0.3) is 0 Å². The Morgan fingerprint density at radius 1 is 1.32 bits per heavy atom. The van der Waals surface area contributed by atoms with Gasteiger partial charge in [-0.2, -0.15) is 0 Å². The van der Waals surface area contributed by atoms with Crippen LogP contribution in [0.4, 0.5) is 0 Å². The van der Waals surface area contributed by atoms with Crippen molar-refractivity contribution in [3.63, 3.8) is 0 Å². The molecule has 0 saturated heterocycles. The molecule has 1 N–H and O–H groups in total.